The number of hydrogen-bond acceptors (Lipinski definition) is 3. The standard InChI is InChI=1S/C14H22N2O/c1-11-8-13(17)9-12(2)14(11)10-16-6-4-15(3)5-7-16/h8-9,17H,4-7,10H2,1-3H3. The van der Waals surface area contributed by atoms with Crippen LogP contribution < -0.4 is 0 Å². The number of nitrogens with zero attached hydrogens (tertiary/aromatic N) is 2. The van der Waals surface area contributed by atoms with Crippen molar-refractivity contribution in [2.75, 3.05) is 33.2 Å². The zero-order chi connectivity index (χ0) is 12.4. The van der Waals surface area contributed by atoms with Crippen molar-refractivity contribution >= 4 is 0 Å². The molecule has 1 aliphatic rings. The third-order valence-corrected chi connectivity index (χ3v) is 3.66. The first-order valence-electron chi connectivity index (χ1n) is 6.26. The van der Waals surface area contributed by atoms with Gasteiger partial charge in [-0.25, -0.2) is 0 Å². The molecule has 0 saturated carbocycles. The zero-order valence-electron chi connectivity index (χ0n) is 11.0. The fourth-order valence-corrected chi connectivity index (χ4v) is 2.45. The van der Waals surface area contributed by atoms with Crippen LogP contribution in [0.2, 0.25) is 0 Å². The summed E-state index contributed by atoms with van der Waals surface area (Å²) in [4.78, 5) is 4.86. The number of phenolic OH excluding ortho intramolecular Hbond substituents is 1. The topological polar surface area (TPSA) is 26.7 Å². The molecule has 1 aromatic carbocycles. The van der Waals surface area contributed by atoms with Crippen molar-refractivity contribution < 1.29 is 5.11 Å². The number of aryl methyl sites for hydroxylation is 2. The second-order valence-electron chi connectivity index (χ2n) is 5.14. The van der Waals surface area contributed by atoms with Crippen LogP contribution in [0.4, 0.5) is 0 Å². The summed E-state index contributed by atoms with van der Waals surface area (Å²) in [6.45, 7) is 9.74. The van der Waals surface area contributed by atoms with Gasteiger partial charge in [-0.1, -0.05) is 0 Å². The molecule has 0 radical (unpaired) electrons. The second-order valence-corrected chi connectivity index (χ2v) is 5.14. The third kappa shape index (κ3) is 2.99. The maximum Gasteiger partial charge on any atom is 0.116 e. The molecule has 17 heavy (non-hydrogen) atoms. The van der Waals surface area contributed by atoms with Crippen LogP contribution in [-0.4, -0.2) is 48.1 Å². The van der Waals surface area contributed by atoms with Crippen molar-refractivity contribution in [1.29, 1.82) is 0 Å². The SMILES string of the molecule is Cc1cc(O)cc(C)c1CN1CCN(C)CC1. The summed E-state index contributed by atoms with van der Waals surface area (Å²) >= 11 is 0. The molecule has 1 aromatic rings. The van der Waals surface area contributed by atoms with Crippen LogP contribution in [0.15, 0.2) is 12.1 Å². The molecule has 0 unspecified atom stereocenters. The Morgan fingerprint density at radius 2 is 1.59 bits per heavy atom. The first-order valence-corrected chi connectivity index (χ1v) is 6.26. The average molecular weight is 234 g/mol. The van der Waals surface area contributed by atoms with Crippen molar-refractivity contribution in [2.24, 2.45) is 0 Å². The van der Waals surface area contributed by atoms with Gasteiger partial charge in [0.15, 0.2) is 0 Å². The van der Waals surface area contributed by atoms with Crippen LogP contribution in [0, 0.1) is 13.8 Å². The maximum atomic E-state index is 9.54. The Morgan fingerprint density at radius 3 is 2.12 bits per heavy atom. The molecule has 94 valence electrons. The molecule has 1 saturated heterocycles. The monoisotopic (exact) mass is 234 g/mol. The Kier molecular flexibility index (Phi) is 3.69. The zero-order valence-corrected chi connectivity index (χ0v) is 11.0. The van der Waals surface area contributed by atoms with Gasteiger partial charge >= 0.3 is 0 Å². The summed E-state index contributed by atoms with van der Waals surface area (Å²) in [6, 6.07) is 3.72. The van der Waals surface area contributed by atoms with E-state index in [-0.39, 0.29) is 0 Å². The van der Waals surface area contributed by atoms with E-state index in [0.29, 0.717) is 5.75 Å². The number of piperazine rings is 1. The lowest BCUT2D eigenvalue weighted by molar-refractivity contribution is 0.148. The average Bonchev–Trinajstić information content (AvgIpc) is 2.26. The van der Waals surface area contributed by atoms with Crippen molar-refractivity contribution in [3.63, 3.8) is 0 Å². The highest BCUT2D eigenvalue weighted by Gasteiger charge is 2.15. The van der Waals surface area contributed by atoms with E-state index in [9.17, 15) is 5.11 Å². The number of aromatic hydroxyl groups is 1. The van der Waals surface area contributed by atoms with Gasteiger partial charge in [0, 0.05) is 32.7 Å². The minimum absolute atomic E-state index is 0.377. The summed E-state index contributed by atoms with van der Waals surface area (Å²) < 4.78 is 0. The lowest BCUT2D eigenvalue weighted by Crippen LogP contribution is -2.44. The molecule has 0 atom stereocenters. The molecular weight excluding hydrogens is 212 g/mol. The van der Waals surface area contributed by atoms with E-state index in [4.69, 9.17) is 0 Å². The molecule has 2 rings (SSSR count). The number of likely N-dealkylation sites (N-methyl/N-ethyl adjacent to an activating group) is 1. The molecule has 0 aromatic heterocycles. The summed E-state index contributed by atoms with van der Waals surface area (Å²) in [5, 5.41) is 9.54. The van der Waals surface area contributed by atoms with Gasteiger partial charge in [0.2, 0.25) is 0 Å². The summed E-state index contributed by atoms with van der Waals surface area (Å²) in [7, 11) is 2.17. The van der Waals surface area contributed by atoms with Gasteiger partial charge in [0.05, 0.1) is 0 Å². The molecule has 1 aliphatic heterocycles. The molecule has 0 aliphatic carbocycles. The fourth-order valence-electron chi connectivity index (χ4n) is 2.45. The van der Waals surface area contributed by atoms with E-state index in [1.54, 1.807) is 0 Å². The molecule has 0 amide bonds. The molecule has 3 heteroatoms. The van der Waals surface area contributed by atoms with Crippen LogP contribution in [0.25, 0.3) is 0 Å². The minimum Gasteiger partial charge on any atom is -0.508 e. The van der Waals surface area contributed by atoms with Crippen LogP contribution in [0.5, 0.6) is 5.75 Å². The number of rotatable bonds is 2. The van der Waals surface area contributed by atoms with Gasteiger partial charge in [-0.3, -0.25) is 4.90 Å². The second kappa shape index (κ2) is 5.07. The lowest BCUT2D eigenvalue weighted by Gasteiger charge is -2.33. The Balaban J connectivity index is 2.08. The summed E-state index contributed by atoms with van der Waals surface area (Å²) in [5.74, 6) is 0.377. The molecule has 1 N–H and O–H groups in total. The summed E-state index contributed by atoms with van der Waals surface area (Å²) in [6.07, 6.45) is 0. The van der Waals surface area contributed by atoms with E-state index in [1.165, 1.54) is 16.7 Å². The fraction of sp³-hybridized carbons (Fsp3) is 0.571. The normalized spacial score (nSPS) is 18.5. The molecule has 1 heterocycles. The third-order valence-electron chi connectivity index (χ3n) is 3.66. The highest BCUT2D eigenvalue weighted by molar-refractivity contribution is 5.40. The van der Waals surface area contributed by atoms with Crippen LogP contribution in [0.1, 0.15) is 16.7 Å². The molecule has 0 bridgehead atoms. The largest absolute Gasteiger partial charge is 0.508 e. The molecule has 1 fully saturated rings. The smallest absolute Gasteiger partial charge is 0.116 e. The minimum atomic E-state index is 0.377. The molecular formula is C14H22N2O. The van der Waals surface area contributed by atoms with Gasteiger partial charge in [-0.15, -0.1) is 0 Å². The van der Waals surface area contributed by atoms with Crippen LogP contribution in [0.3, 0.4) is 0 Å². The first kappa shape index (κ1) is 12.4. The predicted octanol–water partition coefficient (Wildman–Crippen LogP) is 1.76. The maximum absolute atomic E-state index is 9.54. The molecule has 3 nitrogen and oxygen atoms in total. The Hall–Kier alpha value is -1.06. The first-order chi connectivity index (χ1) is 8.06. The van der Waals surface area contributed by atoms with E-state index >= 15 is 0 Å². The Morgan fingerprint density at radius 1 is 1.06 bits per heavy atom. The Bertz CT molecular complexity index is 372. The van der Waals surface area contributed by atoms with Crippen molar-refractivity contribution in [3.05, 3.63) is 28.8 Å². The highest BCUT2D eigenvalue weighted by atomic mass is 16.3. The van der Waals surface area contributed by atoms with E-state index < -0.39 is 0 Å². The number of phenols is 1. The van der Waals surface area contributed by atoms with Crippen LogP contribution >= 0.6 is 0 Å². The van der Waals surface area contributed by atoms with E-state index in [1.807, 2.05) is 12.1 Å². The van der Waals surface area contributed by atoms with Crippen molar-refractivity contribution in [1.82, 2.24) is 9.80 Å². The van der Waals surface area contributed by atoms with Gasteiger partial charge < -0.3 is 10.0 Å². The number of benzene rings is 1. The van der Waals surface area contributed by atoms with E-state index in [2.05, 4.69) is 30.7 Å². The van der Waals surface area contributed by atoms with Crippen molar-refractivity contribution in [3.8, 4) is 5.75 Å². The highest BCUT2D eigenvalue weighted by Crippen LogP contribution is 2.22. The van der Waals surface area contributed by atoms with Crippen molar-refractivity contribution in [2.45, 2.75) is 20.4 Å². The quantitative estimate of drug-likeness (QED) is 0.844. The number of hydrogen-bond donors (Lipinski definition) is 1. The van der Waals surface area contributed by atoms with Gasteiger partial charge in [-0.2, -0.15) is 0 Å². The van der Waals surface area contributed by atoms with Gasteiger partial charge in [0.25, 0.3) is 0 Å². The van der Waals surface area contributed by atoms with Gasteiger partial charge in [-0.05, 0) is 49.7 Å². The lowest BCUT2D eigenvalue weighted by atomic mass is 10.0. The Labute approximate surface area is 104 Å². The van der Waals surface area contributed by atoms with E-state index in [0.717, 1.165) is 32.7 Å². The van der Waals surface area contributed by atoms with Gasteiger partial charge in [0.1, 0.15) is 5.75 Å². The molecule has 0 spiro atoms. The summed E-state index contributed by atoms with van der Waals surface area (Å²) in [5.41, 5.74) is 3.76. The van der Waals surface area contributed by atoms with Crippen LogP contribution in [-0.2, 0) is 6.54 Å². The predicted molar refractivity (Wildman–Crippen MR) is 70.4 cm³/mol.